The molecule has 0 amide bonds. The summed E-state index contributed by atoms with van der Waals surface area (Å²) in [6.45, 7) is 1.82. The second-order valence-electron chi connectivity index (χ2n) is 5.41. The number of ether oxygens (including phenoxy) is 1. The lowest BCUT2D eigenvalue weighted by molar-refractivity contribution is 0.0994. The first-order valence-electron chi connectivity index (χ1n) is 7.72. The van der Waals surface area contributed by atoms with Crippen LogP contribution in [-0.2, 0) is 0 Å². The highest BCUT2D eigenvalue weighted by Gasteiger charge is 2.19. The van der Waals surface area contributed by atoms with Gasteiger partial charge in [-0.3, -0.25) is 9.36 Å². The van der Waals surface area contributed by atoms with E-state index in [4.69, 9.17) is 4.74 Å². The SMILES string of the molecule is COc1ccc(-n2ccnc2SC(C)C(=O)c2ccc(F)cc2)cc1. The van der Waals surface area contributed by atoms with Crippen molar-refractivity contribution in [2.24, 2.45) is 0 Å². The van der Waals surface area contributed by atoms with E-state index in [1.54, 1.807) is 13.3 Å². The zero-order valence-electron chi connectivity index (χ0n) is 13.8. The molecule has 0 bridgehead atoms. The summed E-state index contributed by atoms with van der Waals surface area (Å²) in [6.07, 6.45) is 3.54. The van der Waals surface area contributed by atoms with Gasteiger partial charge in [-0.05, 0) is 55.5 Å². The molecule has 0 radical (unpaired) electrons. The lowest BCUT2D eigenvalue weighted by atomic mass is 10.1. The molecule has 128 valence electrons. The lowest BCUT2D eigenvalue weighted by Gasteiger charge is -2.12. The molecule has 3 aromatic rings. The summed E-state index contributed by atoms with van der Waals surface area (Å²) in [5.74, 6) is 0.360. The summed E-state index contributed by atoms with van der Waals surface area (Å²) in [4.78, 5) is 16.9. The predicted octanol–water partition coefficient (Wildman–Crippen LogP) is 4.38. The van der Waals surface area contributed by atoms with Gasteiger partial charge in [-0.2, -0.15) is 0 Å². The molecule has 2 aromatic carbocycles. The van der Waals surface area contributed by atoms with Gasteiger partial charge < -0.3 is 4.74 Å². The summed E-state index contributed by atoms with van der Waals surface area (Å²) in [6, 6.07) is 13.2. The molecule has 3 rings (SSSR count). The zero-order chi connectivity index (χ0) is 17.8. The molecular weight excluding hydrogens is 339 g/mol. The number of thioether (sulfide) groups is 1. The van der Waals surface area contributed by atoms with E-state index < -0.39 is 0 Å². The molecule has 0 saturated carbocycles. The van der Waals surface area contributed by atoms with Crippen molar-refractivity contribution in [3.05, 3.63) is 72.3 Å². The molecule has 0 N–H and O–H groups in total. The highest BCUT2D eigenvalue weighted by atomic mass is 32.2. The van der Waals surface area contributed by atoms with Crippen molar-refractivity contribution in [1.82, 2.24) is 9.55 Å². The predicted molar refractivity (Wildman–Crippen MR) is 96.2 cm³/mol. The first-order valence-corrected chi connectivity index (χ1v) is 8.60. The number of carbonyl (C=O) groups is 1. The van der Waals surface area contributed by atoms with Gasteiger partial charge in [0.1, 0.15) is 11.6 Å². The summed E-state index contributed by atoms with van der Waals surface area (Å²) in [5, 5.41) is 0.373. The van der Waals surface area contributed by atoms with Crippen LogP contribution in [0, 0.1) is 5.82 Å². The average molecular weight is 356 g/mol. The molecule has 0 saturated heterocycles. The fourth-order valence-corrected chi connectivity index (χ4v) is 3.34. The summed E-state index contributed by atoms with van der Waals surface area (Å²) in [7, 11) is 1.62. The van der Waals surface area contributed by atoms with Gasteiger partial charge in [0.05, 0.1) is 12.4 Å². The van der Waals surface area contributed by atoms with Crippen molar-refractivity contribution < 1.29 is 13.9 Å². The molecule has 1 unspecified atom stereocenters. The highest BCUT2D eigenvalue weighted by molar-refractivity contribution is 8.00. The summed E-state index contributed by atoms with van der Waals surface area (Å²) >= 11 is 1.37. The van der Waals surface area contributed by atoms with Gasteiger partial charge in [-0.1, -0.05) is 11.8 Å². The Kier molecular flexibility index (Phi) is 5.19. The minimum absolute atomic E-state index is 0.0609. The quantitative estimate of drug-likeness (QED) is 0.485. The van der Waals surface area contributed by atoms with E-state index in [9.17, 15) is 9.18 Å². The molecule has 0 aliphatic rings. The normalized spacial score (nSPS) is 12.0. The van der Waals surface area contributed by atoms with Gasteiger partial charge in [0.2, 0.25) is 0 Å². The third kappa shape index (κ3) is 3.91. The van der Waals surface area contributed by atoms with Gasteiger partial charge in [0.25, 0.3) is 0 Å². The first-order chi connectivity index (χ1) is 12.1. The largest absolute Gasteiger partial charge is 0.497 e. The van der Waals surface area contributed by atoms with Crippen molar-refractivity contribution in [3.63, 3.8) is 0 Å². The Morgan fingerprint density at radius 1 is 1.16 bits per heavy atom. The van der Waals surface area contributed by atoms with E-state index >= 15 is 0 Å². The number of imidazole rings is 1. The van der Waals surface area contributed by atoms with Crippen LogP contribution in [-0.4, -0.2) is 27.7 Å². The van der Waals surface area contributed by atoms with Gasteiger partial charge in [-0.15, -0.1) is 0 Å². The topological polar surface area (TPSA) is 44.1 Å². The molecule has 0 aliphatic heterocycles. The average Bonchev–Trinajstić information content (AvgIpc) is 3.10. The van der Waals surface area contributed by atoms with E-state index in [-0.39, 0.29) is 16.9 Å². The van der Waals surface area contributed by atoms with E-state index in [1.807, 2.05) is 42.0 Å². The number of carbonyl (C=O) groups excluding carboxylic acids is 1. The third-order valence-electron chi connectivity index (χ3n) is 3.74. The van der Waals surface area contributed by atoms with Gasteiger partial charge >= 0.3 is 0 Å². The van der Waals surface area contributed by atoms with Gasteiger partial charge in [0.15, 0.2) is 10.9 Å². The Hall–Kier alpha value is -2.60. The summed E-state index contributed by atoms with van der Waals surface area (Å²) < 4.78 is 20.1. The van der Waals surface area contributed by atoms with E-state index in [0.29, 0.717) is 10.7 Å². The number of hydrogen-bond acceptors (Lipinski definition) is 4. The Morgan fingerprint density at radius 3 is 2.48 bits per heavy atom. The summed E-state index contributed by atoms with van der Waals surface area (Å²) in [5.41, 5.74) is 1.42. The van der Waals surface area contributed by atoms with Gasteiger partial charge in [-0.25, -0.2) is 9.37 Å². The number of rotatable bonds is 6. The fraction of sp³-hybridized carbons (Fsp3) is 0.158. The smallest absolute Gasteiger partial charge is 0.175 e. The molecule has 25 heavy (non-hydrogen) atoms. The van der Waals surface area contributed by atoms with Crippen LogP contribution in [0.5, 0.6) is 5.75 Å². The molecule has 0 spiro atoms. The number of hydrogen-bond donors (Lipinski definition) is 0. The Labute approximate surface area is 149 Å². The number of nitrogens with zero attached hydrogens (tertiary/aromatic N) is 2. The van der Waals surface area contributed by atoms with Crippen LogP contribution in [0.3, 0.4) is 0 Å². The Balaban J connectivity index is 1.78. The molecule has 1 aromatic heterocycles. The van der Waals surface area contributed by atoms with Crippen LogP contribution in [0.4, 0.5) is 4.39 Å². The van der Waals surface area contributed by atoms with E-state index in [0.717, 1.165) is 11.4 Å². The van der Waals surface area contributed by atoms with Crippen molar-refractivity contribution in [2.45, 2.75) is 17.3 Å². The van der Waals surface area contributed by atoms with Gasteiger partial charge in [0, 0.05) is 23.6 Å². The number of benzene rings is 2. The standard InChI is InChI=1S/C19H17FN2O2S/c1-13(18(23)14-3-5-15(20)6-4-14)25-19-21-11-12-22(19)16-7-9-17(24-2)10-8-16/h3-13H,1-2H3. The Morgan fingerprint density at radius 2 is 1.84 bits per heavy atom. The number of ketones is 1. The second kappa shape index (κ2) is 7.53. The highest BCUT2D eigenvalue weighted by Crippen LogP contribution is 2.27. The minimum atomic E-state index is -0.355. The maximum atomic E-state index is 13.0. The molecule has 6 heteroatoms. The number of halogens is 1. The Bertz CT molecular complexity index is 860. The van der Waals surface area contributed by atoms with Crippen LogP contribution in [0.1, 0.15) is 17.3 Å². The maximum Gasteiger partial charge on any atom is 0.175 e. The second-order valence-corrected chi connectivity index (χ2v) is 6.72. The fourth-order valence-electron chi connectivity index (χ4n) is 2.38. The van der Waals surface area contributed by atoms with Crippen LogP contribution < -0.4 is 4.74 Å². The van der Waals surface area contributed by atoms with Crippen molar-refractivity contribution in [1.29, 1.82) is 0 Å². The van der Waals surface area contributed by atoms with E-state index in [1.165, 1.54) is 36.0 Å². The zero-order valence-corrected chi connectivity index (χ0v) is 14.7. The van der Waals surface area contributed by atoms with Crippen LogP contribution in [0.25, 0.3) is 5.69 Å². The third-order valence-corrected chi connectivity index (χ3v) is 4.82. The molecule has 1 atom stereocenters. The van der Waals surface area contributed by atoms with Crippen LogP contribution in [0.15, 0.2) is 66.1 Å². The van der Waals surface area contributed by atoms with Crippen molar-refractivity contribution in [3.8, 4) is 11.4 Å². The molecule has 0 fully saturated rings. The number of aromatic nitrogens is 2. The van der Waals surface area contributed by atoms with Crippen LogP contribution >= 0.6 is 11.8 Å². The van der Waals surface area contributed by atoms with Crippen LogP contribution in [0.2, 0.25) is 0 Å². The molecular formula is C19H17FN2O2S. The first kappa shape index (κ1) is 17.2. The minimum Gasteiger partial charge on any atom is -0.497 e. The molecule has 1 heterocycles. The monoisotopic (exact) mass is 356 g/mol. The van der Waals surface area contributed by atoms with Crippen molar-refractivity contribution >= 4 is 17.5 Å². The molecule has 0 aliphatic carbocycles. The van der Waals surface area contributed by atoms with E-state index in [2.05, 4.69) is 4.98 Å². The van der Waals surface area contributed by atoms with Crippen molar-refractivity contribution in [2.75, 3.05) is 7.11 Å². The molecule has 4 nitrogen and oxygen atoms in total. The maximum absolute atomic E-state index is 13.0. The number of methoxy groups -OCH3 is 1. The lowest BCUT2D eigenvalue weighted by Crippen LogP contribution is -2.14. The number of Topliss-reactive ketones (excluding diaryl/α,β-unsaturated/α-hetero) is 1.